The SMILES string of the molecule is CCSc1ccc(CC(=O)Nc2ccc(N=CC(C)C=N)c(Oc3ccc(OC(F)(F)F)cc3)c2)cc1. The van der Waals surface area contributed by atoms with Crippen molar-refractivity contribution in [2.75, 3.05) is 11.1 Å². The topological polar surface area (TPSA) is 83.8 Å². The zero-order valence-corrected chi connectivity index (χ0v) is 21.0. The van der Waals surface area contributed by atoms with E-state index >= 15 is 0 Å². The van der Waals surface area contributed by atoms with Gasteiger partial charge in [-0.2, -0.15) is 0 Å². The lowest BCUT2D eigenvalue weighted by atomic mass is 10.1. The second kappa shape index (κ2) is 13.0. The number of thioether (sulfide) groups is 1. The Balaban J connectivity index is 1.77. The quantitative estimate of drug-likeness (QED) is 0.197. The fourth-order valence-corrected chi connectivity index (χ4v) is 3.78. The van der Waals surface area contributed by atoms with Crippen LogP contribution in [0.2, 0.25) is 0 Å². The molecule has 0 fully saturated rings. The van der Waals surface area contributed by atoms with Crippen LogP contribution in [-0.4, -0.2) is 30.5 Å². The molecule has 1 unspecified atom stereocenters. The number of alkyl halides is 3. The Bertz CT molecular complexity index is 1230. The molecule has 2 N–H and O–H groups in total. The number of carbonyl (C=O) groups excluding carboxylic acids is 1. The number of benzene rings is 3. The van der Waals surface area contributed by atoms with Crippen LogP contribution in [0.25, 0.3) is 0 Å². The molecule has 0 saturated heterocycles. The highest BCUT2D eigenvalue weighted by Crippen LogP contribution is 2.35. The molecule has 3 rings (SSSR count). The second-order valence-corrected chi connectivity index (χ2v) is 9.25. The number of amides is 1. The normalized spacial score (nSPS) is 12.2. The molecule has 0 heterocycles. The lowest BCUT2D eigenvalue weighted by Gasteiger charge is -2.13. The summed E-state index contributed by atoms with van der Waals surface area (Å²) >= 11 is 1.72. The molecule has 37 heavy (non-hydrogen) atoms. The lowest BCUT2D eigenvalue weighted by molar-refractivity contribution is -0.274. The third-order valence-electron chi connectivity index (χ3n) is 4.84. The van der Waals surface area contributed by atoms with Crippen LogP contribution in [0.5, 0.6) is 17.2 Å². The summed E-state index contributed by atoms with van der Waals surface area (Å²) < 4.78 is 47.1. The molecular weight excluding hydrogens is 503 g/mol. The highest BCUT2D eigenvalue weighted by Gasteiger charge is 2.31. The van der Waals surface area contributed by atoms with Crippen molar-refractivity contribution in [2.45, 2.75) is 31.5 Å². The van der Waals surface area contributed by atoms with E-state index in [1.807, 2.05) is 24.3 Å². The predicted molar refractivity (Wildman–Crippen MR) is 141 cm³/mol. The molecule has 0 saturated carbocycles. The van der Waals surface area contributed by atoms with E-state index in [-0.39, 0.29) is 35.5 Å². The van der Waals surface area contributed by atoms with Crippen LogP contribution in [0.1, 0.15) is 19.4 Å². The highest BCUT2D eigenvalue weighted by atomic mass is 32.2. The van der Waals surface area contributed by atoms with Gasteiger partial charge in [0.15, 0.2) is 5.75 Å². The number of anilines is 1. The maximum atomic E-state index is 12.6. The van der Waals surface area contributed by atoms with E-state index in [1.165, 1.54) is 18.3 Å². The molecule has 10 heteroatoms. The number of carbonyl (C=O) groups is 1. The number of aliphatic imine (C=N–C) groups is 1. The fraction of sp³-hybridized carbons (Fsp3) is 0.222. The molecule has 0 aromatic heterocycles. The Morgan fingerprint density at radius 3 is 2.38 bits per heavy atom. The van der Waals surface area contributed by atoms with Gasteiger partial charge in [-0.25, -0.2) is 0 Å². The van der Waals surface area contributed by atoms with Crippen molar-refractivity contribution in [1.82, 2.24) is 0 Å². The molecular formula is C27H26F3N3O3S. The van der Waals surface area contributed by atoms with Crippen LogP contribution >= 0.6 is 11.8 Å². The Kier molecular flexibility index (Phi) is 9.73. The van der Waals surface area contributed by atoms with Crippen molar-refractivity contribution in [1.29, 1.82) is 5.41 Å². The molecule has 0 aliphatic rings. The molecule has 0 aliphatic heterocycles. The molecule has 1 atom stereocenters. The summed E-state index contributed by atoms with van der Waals surface area (Å²) in [5, 5.41) is 10.2. The average molecular weight is 530 g/mol. The molecule has 1 amide bonds. The van der Waals surface area contributed by atoms with Gasteiger partial charge in [0.05, 0.1) is 6.42 Å². The fourth-order valence-electron chi connectivity index (χ4n) is 3.12. The number of ether oxygens (including phenoxy) is 2. The van der Waals surface area contributed by atoms with Crippen molar-refractivity contribution in [2.24, 2.45) is 10.9 Å². The van der Waals surface area contributed by atoms with E-state index < -0.39 is 6.36 Å². The van der Waals surface area contributed by atoms with Crippen molar-refractivity contribution in [3.8, 4) is 17.2 Å². The number of hydrogen-bond acceptors (Lipinski definition) is 6. The van der Waals surface area contributed by atoms with Gasteiger partial charge in [-0.15, -0.1) is 24.9 Å². The molecule has 3 aromatic rings. The Morgan fingerprint density at radius 2 is 1.76 bits per heavy atom. The summed E-state index contributed by atoms with van der Waals surface area (Å²) in [5.41, 5.74) is 1.76. The minimum atomic E-state index is -4.79. The van der Waals surface area contributed by atoms with Crippen LogP contribution in [0.3, 0.4) is 0 Å². The van der Waals surface area contributed by atoms with Crippen LogP contribution < -0.4 is 14.8 Å². The number of nitrogens with zero attached hydrogens (tertiary/aromatic N) is 1. The van der Waals surface area contributed by atoms with E-state index in [2.05, 4.69) is 22.0 Å². The summed E-state index contributed by atoms with van der Waals surface area (Å²) in [6.45, 7) is 3.87. The first-order chi connectivity index (χ1) is 17.6. The molecule has 0 radical (unpaired) electrons. The van der Waals surface area contributed by atoms with Gasteiger partial charge in [-0.1, -0.05) is 26.0 Å². The van der Waals surface area contributed by atoms with E-state index in [0.717, 1.165) is 28.3 Å². The summed E-state index contributed by atoms with van der Waals surface area (Å²) in [4.78, 5) is 18.1. The maximum Gasteiger partial charge on any atom is 0.573 e. The molecule has 0 aliphatic carbocycles. The highest BCUT2D eigenvalue weighted by molar-refractivity contribution is 7.99. The zero-order valence-electron chi connectivity index (χ0n) is 20.2. The summed E-state index contributed by atoms with van der Waals surface area (Å²) in [7, 11) is 0. The number of hydrogen-bond donors (Lipinski definition) is 2. The van der Waals surface area contributed by atoms with E-state index in [0.29, 0.717) is 11.4 Å². The molecule has 6 nitrogen and oxygen atoms in total. The van der Waals surface area contributed by atoms with Crippen LogP contribution in [-0.2, 0) is 11.2 Å². The van der Waals surface area contributed by atoms with Gasteiger partial charge in [0, 0.05) is 35.0 Å². The average Bonchev–Trinajstić information content (AvgIpc) is 2.85. The van der Waals surface area contributed by atoms with Gasteiger partial charge < -0.3 is 20.2 Å². The van der Waals surface area contributed by atoms with Gasteiger partial charge in [0.2, 0.25) is 5.91 Å². The summed E-state index contributed by atoms with van der Waals surface area (Å²) in [5.74, 6) is 0.685. The molecule has 0 bridgehead atoms. The number of nitrogens with one attached hydrogen (secondary N) is 2. The first-order valence-electron chi connectivity index (χ1n) is 11.4. The lowest BCUT2D eigenvalue weighted by Crippen LogP contribution is -2.16. The van der Waals surface area contributed by atoms with E-state index in [4.69, 9.17) is 10.1 Å². The minimum Gasteiger partial charge on any atom is -0.455 e. The largest absolute Gasteiger partial charge is 0.573 e. The third kappa shape index (κ3) is 9.30. The standard InChI is InChI=1S/C27H26F3N3O3S/c1-3-37-23-11-4-19(5-12-23)14-26(34)33-20-6-13-24(32-17-18(2)16-31)25(15-20)35-21-7-9-22(10-8-21)36-27(28,29)30/h4-13,15-18,31H,3,14H2,1-2H3,(H,33,34). The summed E-state index contributed by atoms with van der Waals surface area (Å²) in [6, 6.07) is 17.6. The van der Waals surface area contributed by atoms with E-state index in [9.17, 15) is 18.0 Å². The third-order valence-corrected chi connectivity index (χ3v) is 5.73. The zero-order chi connectivity index (χ0) is 26.8. The van der Waals surface area contributed by atoms with Crippen molar-refractivity contribution < 1.29 is 27.4 Å². The van der Waals surface area contributed by atoms with Crippen molar-refractivity contribution in [3.05, 3.63) is 72.3 Å². The van der Waals surface area contributed by atoms with Crippen LogP contribution in [0, 0.1) is 11.3 Å². The number of halogens is 3. The Morgan fingerprint density at radius 1 is 1.08 bits per heavy atom. The van der Waals surface area contributed by atoms with Gasteiger partial charge in [-0.05, 0) is 59.8 Å². The monoisotopic (exact) mass is 529 g/mol. The first-order valence-corrected chi connectivity index (χ1v) is 12.4. The second-order valence-electron chi connectivity index (χ2n) is 7.91. The van der Waals surface area contributed by atoms with Crippen molar-refractivity contribution >= 4 is 41.5 Å². The van der Waals surface area contributed by atoms with Gasteiger partial charge in [-0.3, -0.25) is 9.79 Å². The molecule has 0 spiro atoms. The van der Waals surface area contributed by atoms with Crippen LogP contribution in [0.4, 0.5) is 24.5 Å². The Hall–Kier alpha value is -3.79. The van der Waals surface area contributed by atoms with Gasteiger partial charge in [0.1, 0.15) is 17.2 Å². The maximum absolute atomic E-state index is 12.6. The van der Waals surface area contributed by atoms with E-state index in [1.54, 1.807) is 43.1 Å². The summed E-state index contributed by atoms with van der Waals surface area (Å²) in [6.07, 6.45) is -1.82. The van der Waals surface area contributed by atoms with Crippen LogP contribution in [0.15, 0.2) is 76.6 Å². The molecule has 194 valence electrons. The van der Waals surface area contributed by atoms with Gasteiger partial charge >= 0.3 is 6.36 Å². The number of rotatable bonds is 11. The molecule has 3 aromatic carbocycles. The van der Waals surface area contributed by atoms with Crippen molar-refractivity contribution in [3.63, 3.8) is 0 Å². The minimum absolute atomic E-state index is 0.185. The van der Waals surface area contributed by atoms with Gasteiger partial charge in [0.25, 0.3) is 0 Å². The predicted octanol–water partition coefficient (Wildman–Crippen LogP) is 7.66. The first kappa shape index (κ1) is 27.8. The smallest absolute Gasteiger partial charge is 0.455 e. The Labute approximate surface area is 217 Å².